The van der Waals surface area contributed by atoms with Gasteiger partial charge in [0.2, 0.25) is 5.91 Å². The Hall–Kier alpha value is -2.88. The highest BCUT2D eigenvalue weighted by atomic mass is 16.2. The molecule has 4 heteroatoms. The molecule has 0 aliphatic rings. The summed E-state index contributed by atoms with van der Waals surface area (Å²) in [5.74, 6) is 0.680. The number of hydrogen-bond donors (Lipinski definition) is 0. The second kappa shape index (κ2) is 8.67. The van der Waals surface area contributed by atoms with Gasteiger partial charge in [-0.25, -0.2) is 4.68 Å². The molecule has 0 bridgehead atoms. The van der Waals surface area contributed by atoms with Crippen molar-refractivity contribution in [2.24, 2.45) is 0 Å². The second-order valence-electron chi connectivity index (χ2n) is 7.27. The Morgan fingerprint density at radius 3 is 2.41 bits per heavy atom. The minimum Gasteiger partial charge on any atom is -0.341 e. The van der Waals surface area contributed by atoms with Crippen LogP contribution in [0.15, 0.2) is 67.0 Å². The van der Waals surface area contributed by atoms with Crippen LogP contribution in [0.2, 0.25) is 0 Å². The summed E-state index contributed by atoms with van der Waals surface area (Å²) in [6.07, 6.45) is 5.08. The molecule has 0 atom stereocenters. The van der Waals surface area contributed by atoms with Crippen molar-refractivity contribution in [3.8, 4) is 5.69 Å². The monoisotopic (exact) mass is 361 g/mol. The lowest BCUT2D eigenvalue weighted by molar-refractivity contribution is -0.130. The molecule has 140 valence electrons. The molecule has 2 aromatic carbocycles. The van der Waals surface area contributed by atoms with Gasteiger partial charge in [0.25, 0.3) is 0 Å². The Balaban J connectivity index is 1.52. The molecule has 0 aliphatic carbocycles. The molecule has 1 aromatic heterocycles. The SMILES string of the molecule is CC(C)c1ccc(CCC(=O)N(C)Cc2cnn(-c3ccccc3)c2)cc1. The number of nitrogens with zero attached hydrogens (tertiary/aromatic N) is 3. The highest BCUT2D eigenvalue weighted by molar-refractivity contribution is 5.76. The van der Waals surface area contributed by atoms with Crippen molar-refractivity contribution in [2.45, 2.75) is 39.2 Å². The number of carbonyl (C=O) groups is 1. The van der Waals surface area contributed by atoms with Crippen LogP contribution in [0.5, 0.6) is 0 Å². The third-order valence-electron chi connectivity index (χ3n) is 4.78. The number of amides is 1. The first-order valence-corrected chi connectivity index (χ1v) is 9.44. The van der Waals surface area contributed by atoms with Crippen LogP contribution in [0.1, 0.15) is 42.9 Å². The zero-order chi connectivity index (χ0) is 19.2. The lowest BCUT2D eigenvalue weighted by Crippen LogP contribution is -2.26. The van der Waals surface area contributed by atoms with Crippen LogP contribution < -0.4 is 0 Å². The molecule has 3 rings (SSSR count). The van der Waals surface area contributed by atoms with Gasteiger partial charge in [-0.15, -0.1) is 0 Å². The molecular formula is C23H27N3O. The molecule has 0 radical (unpaired) electrons. The van der Waals surface area contributed by atoms with E-state index in [1.807, 2.05) is 54.5 Å². The molecule has 0 N–H and O–H groups in total. The number of benzene rings is 2. The van der Waals surface area contributed by atoms with Gasteiger partial charge < -0.3 is 4.90 Å². The second-order valence-corrected chi connectivity index (χ2v) is 7.27. The maximum absolute atomic E-state index is 12.5. The van der Waals surface area contributed by atoms with Crippen molar-refractivity contribution < 1.29 is 4.79 Å². The zero-order valence-corrected chi connectivity index (χ0v) is 16.3. The van der Waals surface area contributed by atoms with Gasteiger partial charge in [0.15, 0.2) is 0 Å². The predicted molar refractivity (Wildman–Crippen MR) is 109 cm³/mol. The van der Waals surface area contributed by atoms with Crippen molar-refractivity contribution in [1.29, 1.82) is 0 Å². The van der Waals surface area contributed by atoms with Crippen LogP contribution in [0, 0.1) is 0 Å². The van der Waals surface area contributed by atoms with Gasteiger partial charge in [-0.1, -0.05) is 56.3 Å². The number of aromatic nitrogens is 2. The van der Waals surface area contributed by atoms with Crippen LogP contribution in [-0.2, 0) is 17.8 Å². The summed E-state index contributed by atoms with van der Waals surface area (Å²) in [5.41, 5.74) is 4.58. The third-order valence-corrected chi connectivity index (χ3v) is 4.78. The average Bonchev–Trinajstić information content (AvgIpc) is 3.15. The lowest BCUT2D eigenvalue weighted by Gasteiger charge is -2.16. The van der Waals surface area contributed by atoms with E-state index in [4.69, 9.17) is 0 Å². The summed E-state index contributed by atoms with van der Waals surface area (Å²) >= 11 is 0. The molecule has 0 aliphatic heterocycles. The fourth-order valence-corrected chi connectivity index (χ4v) is 3.04. The van der Waals surface area contributed by atoms with Crippen molar-refractivity contribution >= 4 is 5.91 Å². The number of carbonyl (C=O) groups excluding carboxylic acids is 1. The molecule has 0 spiro atoms. The van der Waals surface area contributed by atoms with Crippen LogP contribution in [-0.4, -0.2) is 27.6 Å². The smallest absolute Gasteiger partial charge is 0.222 e. The number of rotatable bonds is 7. The fourth-order valence-electron chi connectivity index (χ4n) is 3.04. The summed E-state index contributed by atoms with van der Waals surface area (Å²) in [7, 11) is 1.85. The van der Waals surface area contributed by atoms with Crippen LogP contribution in [0.4, 0.5) is 0 Å². The molecule has 0 fully saturated rings. The van der Waals surface area contributed by atoms with Crippen molar-refractivity contribution in [1.82, 2.24) is 14.7 Å². The van der Waals surface area contributed by atoms with Crippen LogP contribution >= 0.6 is 0 Å². The van der Waals surface area contributed by atoms with Gasteiger partial charge in [-0.05, 0) is 35.6 Å². The van der Waals surface area contributed by atoms with Gasteiger partial charge in [0, 0.05) is 31.8 Å². The normalized spacial score (nSPS) is 11.0. The van der Waals surface area contributed by atoms with Crippen LogP contribution in [0.3, 0.4) is 0 Å². The van der Waals surface area contributed by atoms with E-state index in [0.717, 1.165) is 17.7 Å². The van der Waals surface area contributed by atoms with Crippen molar-refractivity contribution in [3.63, 3.8) is 0 Å². The van der Waals surface area contributed by atoms with Gasteiger partial charge >= 0.3 is 0 Å². The Bertz CT molecular complexity index is 866. The largest absolute Gasteiger partial charge is 0.341 e. The van der Waals surface area contributed by atoms with E-state index < -0.39 is 0 Å². The molecule has 1 amide bonds. The summed E-state index contributed by atoms with van der Waals surface area (Å²) in [6.45, 7) is 4.94. The maximum Gasteiger partial charge on any atom is 0.222 e. The van der Waals surface area contributed by atoms with Crippen molar-refractivity contribution in [2.75, 3.05) is 7.05 Å². The quantitative estimate of drug-likeness (QED) is 0.617. The van der Waals surface area contributed by atoms with E-state index in [0.29, 0.717) is 18.9 Å². The van der Waals surface area contributed by atoms with E-state index in [9.17, 15) is 4.79 Å². The highest BCUT2D eigenvalue weighted by Gasteiger charge is 2.11. The standard InChI is InChI=1S/C23H27N3O/c1-18(2)21-12-9-19(10-13-21)11-14-23(27)25(3)16-20-15-24-26(17-20)22-7-5-4-6-8-22/h4-10,12-13,15,17-18H,11,14,16H2,1-3H3. The first kappa shape index (κ1) is 18.9. The Kier molecular flexibility index (Phi) is 6.07. The van der Waals surface area contributed by atoms with E-state index in [-0.39, 0.29) is 5.91 Å². The minimum absolute atomic E-state index is 0.149. The average molecular weight is 361 g/mol. The molecule has 0 unspecified atom stereocenters. The Morgan fingerprint density at radius 1 is 1.04 bits per heavy atom. The summed E-state index contributed by atoms with van der Waals surface area (Å²) in [4.78, 5) is 14.2. The maximum atomic E-state index is 12.5. The molecular weight excluding hydrogens is 334 g/mol. The number of hydrogen-bond acceptors (Lipinski definition) is 2. The summed E-state index contributed by atoms with van der Waals surface area (Å²) in [5, 5.41) is 4.39. The Morgan fingerprint density at radius 2 is 1.74 bits per heavy atom. The topological polar surface area (TPSA) is 38.1 Å². The number of para-hydroxylation sites is 1. The first-order valence-electron chi connectivity index (χ1n) is 9.44. The molecule has 4 nitrogen and oxygen atoms in total. The predicted octanol–water partition coefficient (Wildman–Crippen LogP) is 4.59. The highest BCUT2D eigenvalue weighted by Crippen LogP contribution is 2.16. The van der Waals surface area contributed by atoms with E-state index in [2.05, 4.69) is 43.2 Å². The zero-order valence-electron chi connectivity index (χ0n) is 16.3. The van der Waals surface area contributed by atoms with Gasteiger partial charge in [-0.3, -0.25) is 4.79 Å². The molecule has 0 saturated heterocycles. The van der Waals surface area contributed by atoms with Crippen molar-refractivity contribution in [3.05, 3.63) is 83.7 Å². The molecule has 3 aromatic rings. The summed E-state index contributed by atoms with van der Waals surface area (Å²) in [6, 6.07) is 18.6. The van der Waals surface area contributed by atoms with E-state index in [1.165, 1.54) is 11.1 Å². The Labute approximate surface area is 161 Å². The lowest BCUT2D eigenvalue weighted by atomic mass is 10.0. The molecule has 0 saturated carbocycles. The fraction of sp³-hybridized carbons (Fsp3) is 0.304. The third kappa shape index (κ3) is 5.07. The first-order chi connectivity index (χ1) is 13.0. The molecule has 27 heavy (non-hydrogen) atoms. The summed E-state index contributed by atoms with van der Waals surface area (Å²) < 4.78 is 1.84. The number of aryl methyl sites for hydroxylation is 1. The van der Waals surface area contributed by atoms with Gasteiger partial charge in [-0.2, -0.15) is 5.10 Å². The van der Waals surface area contributed by atoms with E-state index >= 15 is 0 Å². The van der Waals surface area contributed by atoms with E-state index in [1.54, 1.807) is 4.90 Å². The molecule has 1 heterocycles. The van der Waals surface area contributed by atoms with Gasteiger partial charge in [0.05, 0.1) is 11.9 Å². The van der Waals surface area contributed by atoms with Gasteiger partial charge in [0.1, 0.15) is 0 Å². The minimum atomic E-state index is 0.149. The van der Waals surface area contributed by atoms with Crippen LogP contribution in [0.25, 0.3) is 5.69 Å².